The Morgan fingerprint density at radius 1 is 1.24 bits per heavy atom. The number of hydrogen-bond acceptors (Lipinski definition) is 4. The molecule has 21 heavy (non-hydrogen) atoms. The Labute approximate surface area is 125 Å². The SMILES string of the molecule is Cc1ccc(N)cc1S(=O)(=O)N(C)CCc1ccccn1. The van der Waals surface area contributed by atoms with Gasteiger partial charge in [0, 0.05) is 37.6 Å². The molecule has 1 aromatic carbocycles. The first kappa shape index (κ1) is 15.5. The van der Waals surface area contributed by atoms with Gasteiger partial charge in [0.25, 0.3) is 0 Å². The summed E-state index contributed by atoms with van der Waals surface area (Å²) in [6.07, 6.45) is 2.27. The van der Waals surface area contributed by atoms with Gasteiger partial charge in [-0.2, -0.15) is 0 Å². The van der Waals surface area contributed by atoms with Crippen LogP contribution in [-0.4, -0.2) is 31.3 Å². The van der Waals surface area contributed by atoms with Crippen molar-refractivity contribution in [1.82, 2.24) is 9.29 Å². The Hall–Kier alpha value is -1.92. The average molecular weight is 305 g/mol. The van der Waals surface area contributed by atoms with Gasteiger partial charge in [0.05, 0.1) is 4.90 Å². The van der Waals surface area contributed by atoms with E-state index in [1.165, 1.54) is 10.4 Å². The van der Waals surface area contributed by atoms with Gasteiger partial charge >= 0.3 is 0 Å². The number of benzene rings is 1. The van der Waals surface area contributed by atoms with E-state index in [0.717, 1.165) is 5.69 Å². The molecular weight excluding hydrogens is 286 g/mol. The van der Waals surface area contributed by atoms with E-state index < -0.39 is 10.0 Å². The van der Waals surface area contributed by atoms with Crippen molar-refractivity contribution in [3.63, 3.8) is 0 Å². The van der Waals surface area contributed by atoms with Gasteiger partial charge in [-0.1, -0.05) is 12.1 Å². The standard InChI is InChI=1S/C15H19N3O2S/c1-12-6-7-13(16)11-15(12)21(19,20)18(2)10-8-14-5-3-4-9-17-14/h3-7,9,11H,8,10,16H2,1-2H3. The van der Waals surface area contributed by atoms with Gasteiger partial charge in [-0.15, -0.1) is 0 Å². The lowest BCUT2D eigenvalue weighted by molar-refractivity contribution is 0.470. The van der Waals surface area contributed by atoms with Crippen molar-refractivity contribution in [1.29, 1.82) is 0 Å². The van der Waals surface area contributed by atoms with Crippen molar-refractivity contribution >= 4 is 15.7 Å². The van der Waals surface area contributed by atoms with Crippen molar-refractivity contribution < 1.29 is 8.42 Å². The molecule has 0 spiro atoms. The number of hydrogen-bond donors (Lipinski definition) is 1. The van der Waals surface area contributed by atoms with Crippen molar-refractivity contribution in [2.75, 3.05) is 19.3 Å². The first-order chi connectivity index (χ1) is 9.91. The lowest BCUT2D eigenvalue weighted by Crippen LogP contribution is -2.29. The summed E-state index contributed by atoms with van der Waals surface area (Å²) in [4.78, 5) is 4.45. The number of nitrogens with zero attached hydrogens (tertiary/aromatic N) is 2. The van der Waals surface area contributed by atoms with Crippen LogP contribution in [-0.2, 0) is 16.4 Å². The summed E-state index contributed by atoms with van der Waals surface area (Å²) in [5.74, 6) is 0. The van der Waals surface area contributed by atoms with Crippen LogP contribution < -0.4 is 5.73 Å². The van der Waals surface area contributed by atoms with Gasteiger partial charge in [-0.3, -0.25) is 4.98 Å². The van der Waals surface area contributed by atoms with Crippen LogP contribution in [0.25, 0.3) is 0 Å². The number of pyridine rings is 1. The third kappa shape index (κ3) is 3.59. The minimum Gasteiger partial charge on any atom is -0.399 e. The number of nitrogen functional groups attached to an aromatic ring is 1. The van der Waals surface area contributed by atoms with Crippen molar-refractivity contribution in [3.05, 3.63) is 53.9 Å². The van der Waals surface area contributed by atoms with Crippen LogP contribution in [0.5, 0.6) is 0 Å². The normalized spacial score (nSPS) is 11.8. The fourth-order valence-corrected chi connectivity index (χ4v) is 3.43. The van der Waals surface area contributed by atoms with Crippen LogP contribution in [0.3, 0.4) is 0 Å². The number of aryl methyl sites for hydroxylation is 1. The van der Waals surface area contributed by atoms with Gasteiger partial charge in [0.2, 0.25) is 10.0 Å². The molecule has 0 atom stereocenters. The highest BCUT2D eigenvalue weighted by Gasteiger charge is 2.22. The predicted octanol–water partition coefficient (Wildman–Crippen LogP) is 1.84. The van der Waals surface area contributed by atoms with Crippen molar-refractivity contribution in [2.45, 2.75) is 18.2 Å². The van der Waals surface area contributed by atoms with E-state index in [1.54, 1.807) is 32.3 Å². The van der Waals surface area contributed by atoms with Crippen LogP contribution in [0.4, 0.5) is 5.69 Å². The zero-order valence-corrected chi connectivity index (χ0v) is 13.0. The van der Waals surface area contributed by atoms with Crippen LogP contribution in [0, 0.1) is 6.92 Å². The zero-order valence-electron chi connectivity index (χ0n) is 12.2. The molecule has 5 nitrogen and oxygen atoms in total. The largest absolute Gasteiger partial charge is 0.399 e. The fourth-order valence-electron chi connectivity index (χ4n) is 2.00. The Morgan fingerprint density at radius 3 is 2.67 bits per heavy atom. The summed E-state index contributed by atoms with van der Waals surface area (Å²) in [5.41, 5.74) is 7.69. The molecule has 0 aliphatic heterocycles. The zero-order chi connectivity index (χ0) is 15.5. The second-order valence-corrected chi connectivity index (χ2v) is 6.94. The molecule has 0 saturated heterocycles. The molecule has 2 N–H and O–H groups in total. The molecule has 6 heteroatoms. The number of aromatic nitrogens is 1. The van der Waals surface area contributed by atoms with Gasteiger partial charge in [-0.05, 0) is 36.8 Å². The highest BCUT2D eigenvalue weighted by Crippen LogP contribution is 2.21. The Balaban J connectivity index is 2.17. The van der Waals surface area contributed by atoms with E-state index in [-0.39, 0.29) is 4.90 Å². The summed E-state index contributed by atoms with van der Waals surface area (Å²) in [6.45, 7) is 2.13. The molecule has 0 aliphatic carbocycles. The molecule has 0 aliphatic rings. The van der Waals surface area contributed by atoms with E-state index in [1.807, 2.05) is 18.2 Å². The lowest BCUT2D eigenvalue weighted by atomic mass is 10.2. The monoisotopic (exact) mass is 305 g/mol. The summed E-state index contributed by atoms with van der Waals surface area (Å²) in [5, 5.41) is 0. The fraction of sp³-hybridized carbons (Fsp3) is 0.267. The summed E-state index contributed by atoms with van der Waals surface area (Å²) < 4.78 is 26.5. The van der Waals surface area contributed by atoms with Crippen LogP contribution >= 0.6 is 0 Å². The second-order valence-electron chi connectivity index (χ2n) is 4.92. The quantitative estimate of drug-likeness (QED) is 0.855. The van der Waals surface area contributed by atoms with Crippen LogP contribution in [0.1, 0.15) is 11.3 Å². The molecular formula is C15H19N3O2S. The van der Waals surface area contributed by atoms with Gasteiger partial charge in [0.1, 0.15) is 0 Å². The lowest BCUT2D eigenvalue weighted by Gasteiger charge is -2.18. The number of nitrogens with two attached hydrogens (primary N) is 1. The van der Waals surface area contributed by atoms with Gasteiger partial charge < -0.3 is 5.73 Å². The topological polar surface area (TPSA) is 76.3 Å². The molecule has 0 bridgehead atoms. The second kappa shape index (κ2) is 6.24. The summed E-state index contributed by atoms with van der Waals surface area (Å²) >= 11 is 0. The van der Waals surface area contributed by atoms with E-state index >= 15 is 0 Å². The number of anilines is 1. The Morgan fingerprint density at radius 2 is 2.00 bits per heavy atom. The molecule has 112 valence electrons. The van der Waals surface area contributed by atoms with E-state index in [4.69, 9.17) is 5.73 Å². The van der Waals surface area contributed by atoms with Gasteiger partial charge in [0.15, 0.2) is 0 Å². The molecule has 1 aromatic heterocycles. The smallest absolute Gasteiger partial charge is 0.243 e. The van der Waals surface area contributed by atoms with E-state index in [2.05, 4.69) is 4.98 Å². The molecule has 1 heterocycles. The molecule has 0 saturated carbocycles. The van der Waals surface area contributed by atoms with Crippen LogP contribution in [0.15, 0.2) is 47.5 Å². The Kier molecular flexibility index (Phi) is 4.59. The first-order valence-electron chi connectivity index (χ1n) is 6.63. The first-order valence-corrected chi connectivity index (χ1v) is 8.07. The minimum absolute atomic E-state index is 0.256. The third-order valence-electron chi connectivity index (χ3n) is 3.31. The summed E-state index contributed by atoms with van der Waals surface area (Å²) in [7, 11) is -1.97. The molecule has 0 radical (unpaired) electrons. The van der Waals surface area contributed by atoms with Crippen LogP contribution in [0.2, 0.25) is 0 Å². The Bertz CT molecular complexity index is 715. The maximum atomic E-state index is 12.6. The number of sulfonamides is 1. The molecule has 0 amide bonds. The highest BCUT2D eigenvalue weighted by molar-refractivity contribution is 7.89. The van der Waals surface area contributed by atoms with E-state index in [9.17, 15) is 8.42 Å². The highest BCUT2D eigenvalue weighted by atomic mass is 32.2. The van der Waals surface area contributed by atoms with E-state index in [0.29, 0.717) is 24.2 Å². The molecule has 2 aromatic rings. The summed E-state index contributed by atoms with van der Waals surface area (Å²) in [6, 6.07) is 10.5. The maximum Gasteiger partial charge on any atom is 0.243 e. The number of likely N-dealkylation sites (N-methyl/N-ethyl adjacent to an activating group) is 1. The van der Waals surface area contributed by atoms with Crippen molar-refractivity contribution in [2.24, 2.45) is 0 Å². The minimum atomic E-state index is -3.54. The average Bonchev–Trinajstić information content (AvgIpc) is 2.48. The molecule has 0 unspecified atom stereocenters. The third-order valence-corrected chi connectivity index (χ3v) is 5.31. The predicted molar refractivity (Wildman–Crippen MR) is 83.3 cm³/mol. The van der Waals surface area contributed by atoms with Crippen molar-refractivity contribution in [3.8, 4) is 0 Å². The molecule has 0 fully saturated rings. The maximum absolute atomic E-state index is 12.6. The van der Waals surface area contributed by atoms with Gasteiger partial charge in [-0.25, -0.2) is 12.7 Å². The molecule has 2 rings (SSSR count). The number of rotatable bonds is 5.